The zero-order valence-electron chi connectivity index (χ0n) is 12.7. The minimum absolute atomic E-state index is 0.0172. The topological polar surface area (TPSA) is 49.4 Å². The molecule has 9 heteroatoms. The average molecular weight is 350 g/mol. The Kier molecular flexibility index (Phi) is 5.10. The van der Waals surface area contributed by atoms with Gasteiger partial charge in [0.15, 0.2) is 11.6 Å². The molecule has 0 unspecified atom stereocenters. The van der Waals surface area contributed by atoms with Crippen molar-refractivity contribution in [1.29, 1.82) is 0 Å². The van der Waals surface area contributed by atoms with Gasteiger partial charge in [0.2, 0.25) is 5.91 Å². The summed E-state index contributed by atoms with van der Waals surface area (Å²) < 4.78 is 64.8. The molecular weight excluding hydrogens is 335 g/mol. The predicted molar refractivity (Wildman–Crippen MR) is 74.1 cm³/mol. The maximum Gasteiger partial charge on any atom is 0.408 e. The second-order valence-electron chi connectivity index (χ2n) is 5.61. The summed E-state index contributed by atoms with van der Waals surface area (Å²) >= 11 is 0. The van der Waals surface area contributed by atoms with Gasteiger partial charge in [-0.05, 0) is 31.0 Å². The van der Waals surface area contributed by atoms with Gasteiger partial charge in [-0.25, -0.2) is 8.78 Å². The van der Waals surface area contributed by atoms with Gasteiger partial charge in [0.25, 0.3) is 5.91 Å². The van der Waals surface area contributed by atoms with Crippen molar-refractivity contribution in [2.75, 3.05) is 6.54 Å². The Morgan fingerprint density at radius 3 is 2.38 bits per heavy atom. The molecule has 0 bridgehead atoms. The maximum absolute atomic E-state index is 13.1. The lowest BCUT2D eigenvalue weighted by molar-refractivity contribution is -0.196. The summed E-state index contributed by atoms with van der Waals surface area (Å²) in [4.78, 5) is 24.1. The first-order valence-corrected chi connectivity index (χ1v) is 7.19. The molecule has 24 heavy (non-hydrogen) atoms. The van der Waals surface area contributed by atoms with Crippen molar-refractivity contribution in [1.82, 2.24) is 10.2 Å². The molecule has 1 fully saturated rings. The molecule has 1 saturated heterocycles. The molecule has 2 amide bonds. The molecule has 0 radical (unpaired) electrons. The Morgan fingerprint density at radius 2 is 1.83 bits per heavy atom. The van der Waals surface area contributed by atoms with E-state index in [1.54, 1.807) is 0 Å². The number of hydrogen-bond donors (Lipinski definition) is 1. The summed E-state index contributed by atoms with van der Waals surface area (Å²) in [5.41, 5.74) is -0.152. The number of alkyl halides is 3. The number of rotatable bonds is 2. The van der Waals surface area contributed by atoms with Gasteiger partial charge in [0.1, 0.15) is 6.04 Å². The van der Waals surface area contributed by atoms with Gasteiger partial charge in [0.05, 0.1) is 0 Å². The molecule has 4 nitrogen and oxygen atoms in total. The highest BCUT2D eigenvalue weighted by Gasteiger charge is 2.47. The summed E-state index contributed by atoms with van der Waals surface area (Å²) in [6, 6.07) is -0.0289. The second-order valence-corrected chi connectivity index (χ2v) is 5.61. The molecule has 0 saturated carbocycles. The smallest absolute Gasteiger partial charge is 0.348 e. The van der Waals surface area contributed by atoms with E-state index in [0.717, 1.165) is 19.1 Å². The molecule has 1 heterocycles. The summed E-state index contributed by atoms with van der Waals surface area (Å²) in [5, 5.41) is 2.45. The van der Waals surface area contributed by atoms with Crippen molar-refractivity contribution in [3.63, 3.8) is 0 Å². The number of benzene rings is 1. The quantitative estimate of drug-likeness (QED) is 0.834. The number of halogens is 5. The Hall–Kier alpha value is -2.19. The first-order chi connectivity index (χ1) is 11.1. The number of likely N-dealkylation sites (tertiary alicyclic amines) is 1. The van der Waals surface area contributed by atoms with E-state index in [-0.39, 0.29) is 24.9 Å². The molecule has 0 aromatic heterocycles. The van der Waals surface area contributed by atoms with Crippen LogP contribution in [-0.4, -0.2) is 41.5 Å². The van der Waals surface area contributed by atoms with Crippen LogP contribution in [0.5, 0.6) is 0 Å². The molecule has 1 aromatic carbocycles. The van der Waals surface area contributed by atoms with Gasteiger partial charge < -0.3 is 10.2 Å². The van der Waals surface area contributed by atoms with E-state index >= 15 is 0 Å². The van der Waals surface area contributed by atoms with E-state index in [0.29, 0.717) is 11.0 Å². The average Bonchev–Trinajstić information content (AvgIpc) is 2.48. The van der Waals surface area contributed by atoms with E-state index in [9.17, 15) is 31.5 Å². The molecule has 0 spiro atoms. The van der Waals surface area contributed by atoms with Crippen LogP contribution >= 0.6 is 0 Å². The minimum Gasteiger partial charge on any atom is -0.348 e. The standard InChI is InChI=1S/C15H15F5N2O2/c1-8(23)22-7-10(3-5-13(22)15(18,19)20)21-14(24)9-2-4-11(16)12(17)6-9/h2,4,6,10,13H,3,5,7H2,1H3,(H,21,24)/t10-,13+/m1/s1. The largest absolute Gasteiger partial charge is 0.408 e. The zero-order chi connectivity index (χ0) is 18.1. The fourth-order valence-corrected chi connectivity index (χ4v) is 2.68. The summed E-state index contributed by atoms with van der Waals surface area (Å²) in [7, 11) is 0. The van der Waals surface area contributed by atoms with Crippen LogP contribution in [0.3, 0.4) is 0 Å². The predicted octanol–water partition coefficient (Wildman–Crippen LogP) is 2.64. The van der Waals surface area contributed by atoms with Crippen LogP contribution in [0.25, 0.3) is 0 Å². The molecule has 2 atom stereocenters. The number of carbonyl (C=O) groups excluding carboxylic acids is 2. The highest BCUT2D eigenvalue weighted by atomic mass is 19.4. The number of hydrogen-bond acceptors (Lipinski definition) is 2. The highest BCUT2D eigenvalue weighted by Crippen LogP contribution is 2.32. The van der Waals surface area contributed by atoms with Crippen LogP contribution in [0.15, 0.2) is 18.2 Å². The van der Waals surface area contributed by atoms with Crippen molar-refractivity contribution >= 4 is 11.8 Å². The molecule has 1 N–H and O–H groups in total. The molecule has 1 aromatic rings. The van der Waals surface area contributed by atoms with Crippen LogP contribution in [0.1, 0.15) is 30.1 Å². The normalized spacial score (nSPS) is 21.5. The first kappa shape index (κ1) is 18.2. The van der Waals surface area contributed by atoms with Gasteiger partial charge in [-0.15, -0.1) is 0 Å². The fourth-order valence-electron chi connectivity index (χ4n) is 2.68. The van der Waals surface area contributed by atoms with Gasteiger partial charge in [-0.1, -0.05) is 0 Å². The van der Waals surface area contributed by atoms with Crippen molar-refractivity contribution in [3.05, 3.63) is 35.4 Å². The lowest BCUT2D eigenvalue weighted by Gasteiger charge is -2.40. The molecule has 0 aliphatic carbocycles. The van der Waals surface area contributed by atoms with Crippen molar-refractivity contribution in [3.8, 4) is 0 Å². The summed E-state index contributed by atoms with van der Waals surface area (Å²) in [6.45, 7) is 0.729. The van der Waals surface area contributed by atoms with Crippen LogP contribution in [0.2, 0.25) is 0 Å². The van der Waals surface area contributed by atoms with Crippen LogP contribution in [-0.2, 0) is 4.79 Å². The van der Waals surface area contributed by atoms with Gasteiger partial charge in [0, 0.05) is 25.1 Å². The van der Waals surface area contributed by atoms with E-state index in [1.165, 1.54) is 0 Å². The lowest BCUT2D eigenvalue weighted by atomic mass is 9.97. The Labute approximate surface area is 134 Å². The van der Waals surface area contributed by atoms with E-state index in [4.69, 9.17) is 0 Å². The molecule has 132 valence electrons. The number of amides is 2. The number of nitrogens with one attached hydrogen (secondary N) is 1. The Balaban J connectivity index is 2.07. The Morgan fingerprint density at radius 1 is 1.17 bits per heavy atom. The third-order valence-electron chi connectivity index (χ3n) is 3.88. The van der Waals surface area contributed by atoms with Crippen molar-refractivity contribution in [2.24, 2.45) is 0 Å². The van der Waals surface area contributed by atoms with Crippen LogP contribution in [0, 0.1) is 11.6 Å². The summed E-state index contributed by atoms with van der Waals surface area (Å²) in [5.74, 6) is -3.80. The third-order valence-corrected chi connectivity index (χ3v) is 3.88. The second kappa shape index (κ2) is 6.74. The van der Waals surface area contributed by atoms with Crippen molar-refractivity contribution in [2.45, 2.75) is 38.0 Å². The SMILES string of the molecule is CC(=O)N1C[C@H](NC(=O)c2ccc(F)c(F)c2)CC[C@H]1C(F)(F)F. The molecule has 1 aliphatic rings. The van der Waals surface area contributed by atoms with Crippen LogP contribution in [0.4, 0.5) is 22.0 Å². The first-order valence-electron chi connectivity index (χ1n) is 7.19. The number of nitrogens with zero attached hydrogens (tertiary/aromatic N) is 1. The minimum atomic E-state index is -4.54. The maximum atomic E-state index is 13.1. The number of piperidine rings is 1. The van der Waals surface area contributed by atoms with Crippen molar-refractivity contribution < 1.29 is 31.5 Å². The fraction of sp³-hybridized carbons (Fsp3) is 0.467. The van der Waals surface area contributed by atoms with E-state index < -0.39 is 41.7 Å². The monoisotopic (exact) mass is 350 g/mol. The number of carbonyl (C=O) groups is 2. The molecular formula is C15H15F5N2O2. The Bertz CT molecular complexity index is 647. The third kappa shape index (κ3) is 4.01. The summed E-state index contributed by atoms with van der Waals surface area (Å²) in [6.07, 6.45) is -4.87. The van der Waals surface area contributed by atoms with Gasteiger partial charge in [-0.2, -0.15) is 13.2 Å². The van der Waals surface area contributed by atoms with E-state index in [2.05, 4.69) is 5.32 Å². The van der Waals surface area contributed by atoms with Gasteiger partial charge >= 0.3 is 6.18 Å². The van der Waals surface area contributed by atoms with Gasteiger partial charge in [-0.3, -0.25) is 9.59 Å². The van der Waals surface area contributed by atoms with Crippen LogP contribution < -0.4 is 5.32 Å². The zero-order valence-corrected chi connectivity index (χ0v) is 12.7. The lowest BCUT2D eigenvalue weighted by Crippen LogP contribution is -2.57. The molecule has 1 aliphatic heterocycles. The van der Waals surface area contributed by atoms with E-state index in [1.807, 2.05) is 0 Å². The molecule has 2 rings (SSSR count). The highest BCUT2D eigenvalue weighted by molar-refractivity contribution is 5.94.